The summed E-state index contributed by atoms with van der Waals surface area (Å²) in [7, 11) is -4.49. The van der Waals surface area contributed by atoms with E-state index in [9.17, 15) is 19.4 Å². The SMILES string of the molecule is CCCCCCCCCCCCCC(=O)OC(COCCCCCCCCCCC)COP(=O)(O)OCC(O)CO. The van der Waals surface area contributed by atoms with Crippen LogP contribution in [0, 0.1) is 0 Å². The minimum atomic E-state index is -4.49. The second-order valence-corrected chi connectivity index (χ2v) is 12.7. The van der Waals surface area contributed by atoms with Gasteiger partial charge in [-0.1, -0.05) is 129 Å². The summed E-state index contributed by atoms with van der Waals surface area (Å²) in [6.45, 7) is 3.49. The summed E-state index contributed by atoms with van der Waals surface area (Å²) in [5.41, 5.74) is 0. The Morgan fingerprint density at radius 3 is 1.59 bits per heavy atom. The number of phosphoric ester groups is 1. The number of carbonyl (C=O) groups is 1. The first kappa shape index (κ1) is 40.5. The summed E-state index contributed by atoms with van der Waals surface area (Å²) >= 11 is 0. The summed E-state index contributed by atoms with van der Waals surface area (Å²) in [6, 6.07) is 0. The number of hydrogen-bond donors (Lipinski definition) is 3. The Balaban J connectivity index is 4.28. The first-order valence-electron chi connectivity index (χ1n) is 16.5. The van der Waals surface area contributed by atoms with Gasteiger partial charge < -0.3 is 24.6 Å². The number of unbranched alkanes of at least 4 members (excludes halogenated alkanes) is 18. The Labute approximate surface area is 250 Å². The van der Waals surface area contributed by atoms with Crippen molar-refractivity contribution in [1.29, 1.82) is 0 Å². The lowest BCUT2D eigenvalue weighted by atomic mass is 10.1. The van der Waals surface area contributed by atoms with Crippen molar-refractivity contribution in [1.82, 2.24) is 0 Å². The van der Waals surface area contributed by atoms with Gasteiger partial charge in [-0.2, -0.15) is 0 Å². The van der Waals surface area contributed by atoms with Gasteiger partial charge in [0.1, 0.15) is 12.2 Å². The Morgan fingerprint density at radius 1 is 0.659 bits per heavy atom. The molecule has 0 saturated carbocycles. The Bertz CT molecular complexity index is 620. The minimum absolute atomic E-state index is 0.0558. The third kappa shape index (κ3) is 29.3. The van der Waals surface area contributed by atoms with Crippen LogP contribution in [-0.4, -0.2) is 66.3 Å². The zero-order valence-corrected chi connectivity index (χ0v) is 27.2. The fraction of sp³-hybridized carbons (Fsp3) is 0.968. The van der Waals surface area contributed by atoms with E-state index < -0.39 is 33.2 Å². The molecule has 0 heterocycles. The van der Waals surface area contributed by atoms with Crippen molar-refractivity contribution in [3.05, 3.63) is 0 Å². The van der Waals surface area contributed by atoms with E-state index in [1.807, 2.05) is 0 Å². The summed E-state index contributed by atoms with van der Waals surface area (Å²) in [6.07, 6.45) is 22.0. The van der Waals surface area contributed by atoms with Gasteiger partial charge in [0.2, 0.25) is 0 Å². The van der Waals surface area contributed by atoms with Crippen molar-refractivity contribution in [3.63, 3.8) is 0 Å². The minimum Gasteiger partial charge on any atom is -0.457 e. The average molecular weight is 611 g/mol. The maximum Gasteiger partial charge on any atom is 0.472 e. The molecule has 0 saturated heterocycles. The lowest BCUT2D eigenvalue weighted by molar-refractivity contribution is -0.154. The van der Waals surface area contributed by atoms with Gasteiger partial charge in [-0.25, -0.2) is 4.57 Å². The fourth-order valence-corrected chi connectivity index (χ4v) is 5.26. The van der Waals surface area contributed by atoms with Crippen LogP contribution in [0.1, 0.15) is 149 Å². The number of phosphoric acid groups is 1. The second-order valence-electron chi connectivity index (χ2n) is 11.2. The molecule has 0 aliphatic carbocycles. The number of carbonyl (C=O) groups excluding carboxylic acids is 1. The molecule has 9 nitrogen and oxygen atoms in total. The molecule has 3 unspecified atom stereocenters. The molecular weight excluding hydrogens is 547 g/mol. The number of rotatable bonds is 32. The molecule has 0 radical (unpaired) electrons. The molecule has 0 aromatic rings. The molecule has 246 valence electrons. The zero-order valence-electron chi connectivity index (χ0n) is 26.3. The van der Waals surface area contributed by atoms with Gasteiger partial charge in [0.05, 0.1) is 26.4 Å². The second kappa shape index (κ2) is 29.5. The van der Waals surface area contributed by atoms with Crippen LogP contribution in [0.3, 0.4) is 0 Å². The monoisotopic (exact) mass is 610 g/mol. The van der Waals surface area contributed by atoms with Crippen LogP contribution in [0.4, 0.5) is 0 Å². The lowest BCUT2D eigenvalue weighted by Gasteiger charge is -2.20. The molecule has 0 fully saturated rings. The summed E-state index contributed by atoms with van der Waals surface area (Å²) in [4.78, 5) is 22.3. The lowest BCUT2D eigenvalue weighted by Crippen LogP contribution is -2.29. The van der Waals surface area contributed by atoms with Crippen LogP contribution >= 0.6 is 7.82 Å². The molecule has 3 atom stereocenters. The highest BCUT2D eigenvalue weighted by atomic mass is 31.2. The molecule has 41 heavy (non-hydrogen) atoms. The van der Waals surface area contributed by atoms with E-state index in [4.69, 9.17) is 23.6 Å². The third-order valence-electron chi connectivity index (χ3n) is 7.04. The molecule has 0 aromatic carbocycles. The number of aliphatic hydroxyl groups excluding tert-OH is 2. The van der Waals surface area contributed by atoms with Crippen molar-refractivity contribution in [3.8, 4) is 0 Å². The summed E-state index contributed by atoms with van der Waals surface area (Å²) < 4.78 is 33.0. The molecule has 0 aliphatic rings. The van der Waals surface area contributed by atoms with Crippen LogP contribution in [0.25, 0.3) is 0 Å². The highest BCUT2D eigenvalue weighted by molar-refractivity contribution is 7.47. The Hall–Kier alpha value is -0.540. The van der Waals surface area contributed by atoms with Gasteiger partial charge in [-0.3, -0.25) is 13.8 Å². The largest absolute Gasteiger partial charge is 0.472 e. The maximum absolute atomic E-state index is 12.4. The molecule has 0 rings (SSSR count). The van der Waals surface area contributed by atoms with E-state index in [2.05, 4.69) is 13.8 Å². The fourth-order valence-electron chi connectivity index (χ4n) is 4.47. The van der Waals surface area contributed by atoms with Crippen molar-refractivity contribution in [2.75, 3.05) is 33.0 Å². The maximum atomic E-state index is 12.4. The molecule has 0 spiro atoms. The van der Waals surface area contributed by atoms with Crippen molar-refractivity contribution in [2.24, 2.45) is 0 Å². The van der Waals surface area contributed by atoms with Crippen molar-refractivity contribution >= 4 is 13.8 Å². The zero-order chi connectivity index (χ0) is 30.4. The topological polar surface area (TPSA) is 132 Å². The smallest absolute Gasteiger partial charge is 0.457 e. The molecule has 0 bridgehead atoms. The van der Waals surface area contributed by atoms with Gasteiger partial charge >= 0.3 is 13.8 Å². The van der Waals surface area contributed by atoms with E-state index in [1.54, 1.807) is 0 Å². The quantitative estimate of drug-likeness (QED) is 0.0399. The van der Waals surface area contributed by atoms with Gasteiger partial charge in [0, 0.05) is 13.0 Å². The predicted octanol–water partition coefficient (Wildman–Crippen LogP) is 7.63. The highest BCUT2D eigenvalue weighted by Gasteiger charge is 2.26. The van der Waals surface area contributed by atoms with Crippen LogP contribution < -0.4 is 0 Å². The Kier molecular flexibility index (Phi) is 29.1. The van der Waals surface area contributed by atoms with E-state index in [1.165, 1.54) is 96.3 Å². The number of hydrogen-bond acceptors (Lipinski definition) is 8. The highest BCUT2D eigenvalue weighted by Crippen LogP contribution is 2.43. The normalized spacial score (nSPS) is 14.6. The van der Waals surface area contributed by atoms with Crippen LogP contribution in [0.2, 0.25) is 0 Å². The van der Waals surface area contributed by atoms with Crippen molar-refractivity contribution in [2.45, 2.75) is 161 Å². The van der Waals surface area contributed by atoms with E-state index >= 15 is 0 Å². The average Bonchev–Trinajstić information content (AvgIpc) is 2.96. The van der Waals surface area contributed by atoms with E-state index in [-0.39, 0.29) is 25.6 Å². The first-order chi connectivity index (χ1) is 19.8. The molecular formula is C31H63O9P. The number of ether oxygens (including phenoxy) is 2. The summed E-state index contributed by atoms with van der Waals surface area (Å²) in [5, 5.41) is 18.2. The summed E-state index contributed by atoms with van der Waals surface area (Å²) in [5.74, 6) is -0.384. The van der Waals surface area contributed by atoms with E-state index in [0.29, 0.717) is 6.61 Å². The molecule has 3 N–H and O–H groups in total. The molecule has 0 aliphatic heterocycles. The van der Waals surface area contributed by atoms with Gasteiger partial charge in [-0.15, -0.1) is 0 Å². The Morgan fingerprint density at radius 2 is 1.10 bits per heavy atom. The van der Waals surface area contributed by atoms with E-state index in [0.717, 1.165) is 32.1 Å². The van der Waals surface area contributed by atoms with Gasteiger partial charge in [0.25, 0.3) is 0 Å². The molecule has 10 heteroatoms. The first-order valence-corrected chi connectivity index (χ1v) is 18.0. The van der Waals surface area contributed by atoms with Crippen LogP contribution in [0.5, 0.6) is 0 Å². The van der Waals surface area contributed by atoms with Crippen LogP contribution in [-0.2, 0) is 27.9 Å². The standard InChI is InChI=1S/C31H63O9P/c1-3-5-7-9-11-13-14-15-17-19-21-23-31(34)40-30(28-39-41(35,36)38-26-29(33)25-32)27-37-24-22-20-18-16-12-10-8-6-4-2/h29-30,32-33H,3-28H2,1-2H3,(H,35,36). The van der Waals surface area contributed by atoms with Crippen LogP contribution in [0.15, 0.2) is 0 Å². The number of esters is 1. The third-order valence-corrected chi connectivity index (χ3v) is 7.99. The number of aliphatic hydroxyl groups is 2. The van der Waals surface area contributed by atoms with Crippen molar-refractivity contribution < 1.29 is 43.0 Å². The van der Waals surface area contributed by atoms with Gasteiger partial charge in [0.15, 0.2) is 0 Å². The molecule has 0 aromatic heterocycles. The van der Waals surface area contributed by atoms with Gasteiger partial charge in [-0.05, 0) is 12.8 Å². The predicted molar refractivity (Wildman–Crippen MR) is 164 cm³/mol. The molecule has 0 amide bonds.